The Morgan fingerprint density at radius 3 is 1.14 bits per heavy atom. The fourth-order valence-electron chi connectivity index (χ4n) is 5.59. The van der Waals surface area contributed by atoms with Gasteiger partial charge < -0.3 is 0 Å². The normalized spacial score (nSPS) is 14.0. The van der Waals surface area contributed by atoms with E-state index in [1.165, 1.54) is 66.1 Å². The van der Waals surface area contributed by atoms with Gasteiger partial charge in [-0.15, -0.1) is 0 Å². The van der Waals surface area contributed by atoms with E-state index in [9.17, 15) is 0 Å². The zero-order valence-corrected chi connectivity index (χ0v) is 19.9. The van der Waals surface area contributed by atoms with Gasteiger partial charge in [-0.3, -0.25) is 0 Å². The van der Waals surface area contributed by atoms with E-state index in [4.69, 9.17) is 0 Å². The first-order chi connectivity index (χ1) is 17.9. The van der Waals surface area contributed by atoms with Gasteiger partial charge in [0.15, 0.2) is 0 Å². The molecule has 6 aromatic rings. The number of benzene rings is 6. The second-order valence-corrected chi connectivity index (χ2v) is 9.35. The Labute approximate surface area is 211 Å². The van der Waals surface area contributed by atoms with Crippen molar-refractivity contribution in [1.82, 2.24) is 0 Å². The quantitative estimate of drug-likeness (QED) is 0.199. The largest absolute Gasteiger partial charge is 0.0616 e. The SMILES string of the molecule is C1=C/c2ccccc2-c2c3ccccc3c(c3ccccc23)-c2ccccc2/C=C/c2cccc/1c2. The monoisotopic (exact) mass is 456 g/mol. The molecule has 0 saturated heterocycles. The van der Waals surface area contributed by atoms with Gasteiger partial charge in [0.05, 0.1) is 0 Å². The summed E-state index contributed by atoms with van der Waals surface area (Å²) in [5.41, 5.74) is 9.92. The number of hydrogen-bond acceptors (Lipinski definition) is 0. The molecule has 0 heteroatoms. The highest BCUT2D eigenvalue weighted by Crippen LogP contribution is 2.45. The van der Waals surface area contributed by atoms with E-state index in [0.717, 1.165) is 0 Å². The highest BCUT2D eigenvalue weighted by atomic mass is 14.2. The van der Waals surface area contributed by atoms with E-state index >= 15 is 0 Å². The molecular formula is C36H24. The van der Waals surface area contributed by atoms with Crippen LogP contribution in [0.5, 0.6) is 0 Å². The third-order valence-electron chi connectivity index (χ3n) is 7.21. The maximum Gasteiger partial charge on any atom is -0.00204 e. The van der Waals surface area contributed by atoms with Crippen molar-refractivity contribution in [2.75, 3.05) is 0 Å². The average Bonchev–Trinajstić information content (AvgIpc) is 2.94. The summed E-state index contributed by atoms with van der Waals surface area (Å²) >= 11 is 0. The zero-order chi connectivity index (χ0) is 23.9. The van der Waals surface area contributed by atoms with Gasteiger partial charge in [-0.1, -0.05) is 140 Å². The highest BCUT2D eigenvalue weighted by molar-refractivity contribution is 6.22. The Morgan fingerprint density at radius 2 is 0.694 bits per heavy atom. The van der Waals surface area contributed by atoms with Crippen molar-refractivity contribution in [1.29, 1.82) is 0 Å². The van der Waals surface area contributed by atoms with Crippen molar-refractivity contribution in [2.45, 2.75) is 0 Å². The molecule has 0 nitrogen and oxygen atoms in total. The molecule has 36 heavy (non-hydrogen) atoms. The Hall–Kier alpha value is -4.68. The maximum absolute atomic E-state index is 2.28. The van der Waals surface area contributed by atoms with Crippen molar-refractivity contribution < 1.29 is 0 Å². The van der Waals surface area contributed by atoms with E-state index in [1.807, 2.05) is 0 Å². The smallest absolute Gasteiger partial charge is 0.00204 e. The Balaban J connectivity index is 1.71. The number of hydrogen-bond donors (Lipinski definition) is 0. The molecule has 0 spiro atoms. The van der Waals surface area contributed by atoms with Crippen LogP contribution in [0.1, 0.15) is 22.3 Å². The van der Waals surface area contributed by atoms with Crippen molar-refractivity contribution in [3.63, 3.8) is 0 Å². The van der Waals surface area contributed by atoms with Crippen molar-refractivity contribution in [2.24, 2.45) is 0 Å². The van der Waals surface area contributed by atoms with Crippen molar-refractivity contribution in [3.05, 3.63) is 144 Å². The third kappa shape index (κ3) is 3.39. The van der Waals surface area contributed by atoms with Crippen LogP contribution in [0.3, 0.4) is 0 Å². The lowest BCUT2D eigenvalue weighted by atomic mass is 9.83. The molecule has 0 unspecified atom stereocenters. The molecule has 4 bridgehead atoms. The van der Waals surface area contributed by atoms with E-state index in [1.54, 1.807) is 0 Å². The van der Waals surface area contributed by atoms with Gasteiger partial charge in [0.25, 0.3) is 0 Å². The molecule has 0 aliphatic heterocycles. The Kier molecular flexibility index (Phi) is 4.89. The van der Waals surface area contributed by atoms with Crippen LogP contribution in [0.25, 0.3) is 68.1 Å². The fraction of sp³-hybridized carbons (Fsp3) is 0. The van der Waals surface area contributed by atoms with Gasteiger partial charge in [0.1, 0.15) is 0 Å². The van der Waals surface area contributed by atoms with E-state index in [-0.39, 0.29) is 0 Å². The van der Waals surface area contributed by atoms with Gasteiger partial charge in [-0.05, 0) is 72.1 Å². The molecule has 0 saturated carbocycles. The molecule has 0 amide bonds. The topological polar surface area (TPSA) is 0 Å². The predicted octanol–water partition coefficient (Wildman–Crippen LogP) is 9.98. The molecule has 0 radical (unpaired) electrons. The summed E-state index contributed by atoms with van der Waals surface area (Å²) in [5.74, 6) is 0. The van der Waals surface area contributed by atoms with Crippen LogP contribution in [0.2, 0.25) is 0 Å². The minimum absolute atomic E-state index is 1.19. The molecule has 2 aliphatic rings. The van der Waals surface area contributed by atoms with E-state index in [2.05, 4.69) is 146 Å². The molecule has 6 aromatic carbocycles. The summed E-state index contributed by atoms with van der Waals surface area (Å²) in [6.45, 7) is 0. The van der Waals surface area contributed by atoms with E-state index < -0.39 is 0 Å². The predicted molar refractivity (Wildman–Crippen MR) is 157 cm³/mol. The van der Waals surface area contributed by atoms with Crippen LogP contribution in [0.4, 0.5) is 0 Å². The standard InChI is InChI=1S/C36H24/c1-3-14-29-27(12-1)22-20-25-10-9-11-26(24-25)21-23-28-13-2-4-15-30(28)36-33-18-7-5-16-31(33)35(29)32-17-6-8-19-34(32)36/h1-24H/b22-20+,23-21+. The molecular weight excluding hydrogens is 432 g/mol. The van der Waals surface area contributed by atoms with Gasteiger partial charge in [-0.25, -0.2) is 0 Å². The van der Waals surface area contributed by atoms with Crippen LogP contribution >= 0.6 is 0 Å². The molecule has 0 fully saturated rings. The lowest BCUT2D eigenvalue weighted by Crippen LogP contribution is -1.93. The van der Waals surface area contributed by atoms with Gasteiger partial charge >= 0.3 is 0 Å². The van der Waals surface area contributed by atoms with Crippen LogP contribution in [-0.2, 0) is 0 Å². The lowest BCUT2D eigenvalue weighted by molar-refractivity contribution is 1.61. The van der Waals surface area contributed by atoms with Crippen molar-refractivity contribution in [3.8, 4) is 22.3 Å². The average molecular weight is 457 g/mol. The molecule has 0 heterocycles. The second kappa shape index (κ2) is 8.52. The fourth-order valence-corrected chi connectivity index (χ4v) is 5.59. The maximum atomic E-state index is 2.28. The van der Waals surface area contributed by atoms with Crippen LogP contribution in [-0.4, -0.2) is 0 Å². The summed E-state index contributed by atoms with van der Waals surface area (Å²) in [7, 11) is 0. The van der Waals surface area contributed by atoms with E-state index in [0.29, 0.717) is 0 Å². The second-order valence-electron chi connectivity index (χ2n) is 9.35. The summed E-state index contributed by atoms with van der Waals surface area (Å²) in [5, 5.41) is 5.12. The molecule has 0 N–H and O–H groups in total. The first-order valence-corrected chi connectivity index (χ1v) is 12.5. The first-order valence-electron chi connectivity index (χ1n) is 12.5. The Morgan fingerprint density at radius 1 is 0.306 bits per heavy atom. The minimum atomic E-state index is 1.19. The zero-order valence-electron chi connectivity index (χ0n) is 19.9. The summed E-state index contributed by atoms with van der Waals surface area (Å²) in [6.07, 6.45) is 8.96. The molecule has 2 aliphatic carbocycles. The summed E-state index contributed by atoms with van der Waals surface area (Å²) in [4.78, 5) is 0. The molecule has 0 atom stereocenters. The summed E-state index contributed by atoms with van der Waals surface area (Å²) in [6, 6.07) is 44.0. The van der Waals surface area contributed by atoms with Crippen LogP contribution in [0, 0.1) is 0 Å². The van der Waals surface area contributed by atoms with Crippen LogP contribution < -0.4 is 0 Å². The molecule has 0 aromatic heterocycles. The lowest BCUT2D eigenvalue weighted by Gasteiger charge is -2.19. The molecule has 168 valence electrons. The van der Waals surface area contributed by atoms with Gasteiger partial charge in [0.2, 0.25) is 0 Å². The van der Waals surface area contributed by atoms with Crippen molar-refractivity contribution >= 4 is 45.8 Å². The Bertz CT molecular complexity index is 1640. The minimum Gasteiger partial charge on any atom is -0.0616 e. The highest BCUT2D eigenvalue weighted by Gasteiger charge is 2.18. The van der Waals surface area contributed by atoms with Gasteiger partial charge in [-0.2, -0.15) is 0 Å². The van der Waals surface area contributed by atoms with Crippen LogP contribution in [0.15, 0.2) is 121 Å². The molecule has 8 rings (SSSR count). The van der Waals surface area contributed by atoms with Gasteiger partial charge in [0, 0.05) is 0 Å². The third-order valence-corrected chi connectivity index (χ3v) is 7.21. The first kappa shape index (κ1) is 20.7. The number of rotatable bonds is 0. The summed E-state index contributed by atoms with van der Waals surface area (Å²) < 4.78 is 0.